The lowest BCUT2D eigenvalue weighted by molar-refractivity contribution is -0.141. The topological polar surface area (TPSA) is 37.3 Å². The fourth-order valence-corrected chi connectivity index (χ4v) is 2.44. The minimum atomic E-state index is -0.720. The molecule has 0 aliphatic carbocycles. The molecule has 4 heteroatoms. The van der Waals surface area contributed by atoms with Crippen molar-refractivity contribution in [3.8, 4) is 0 Å². The Labute approximate surface area is 102 Å². The number of carboxylic acids is 1. The highest BCUT2D eigenvalue weighted by Crippen LogP contribution is 2.23. The van der Waals surface area contributed by atoms with E-state index in [9.17, 15) is 4.79 Å². The molecule has 1 atom stereocenters. The average Bonchev–Trinajstić information content (AvgIpc) is 2.58. The number of thiophene rings is 1. The first-order valence-electron chi connectivity index (χ1n) is 4.74. The largest absolute Gasteiger partial charge is 0.481 e. The summed E-state index contributed by atoms with van der Waals surface area (Å²) in [5.74, 6) is -0.980. The van der Waals surface area contributed by atoms with Crippen LogP contribution in [0.2, 0.25) is 0 Å². The Morgan fingerprint density at radius 2 is 2.40 bits per heavy atom. The first kappa shape index (κ1) is 12.5. The molecule has 0 bridgehead atoms. The molecule has 1 rings (SSSR count). The van der Waals surface area contributed by atoms with Crippen LogP contribution >= 0.6 is 27.3 Å². The third kappa shape index (κ3) is 4.62. The maximum absolute atomic E-state index is 10.5. The molecule has 0 amide bonds. The molecule has 82 valence electrons. The van der Waals surface area contributed by atoms with Crippen LogP contribution < -0.4 is 0 Å². The average molecular weight is 289 g/mol. The smallest absolute Gasteiger partial charge is 0.306 e. The van der Waals surface area contributed by atoms with Crippen LogP contribution in [-0.4, -0.2) is 11.1 Å². The molecule has 1 heterocycles. The molecule has 1 aromatic heterocycles. The van der Waals surface area contributed by atoms with Gasteiger partial charge in [0, 0.05) is 4.88 Å². The zero-order valence-corrected chi connectivity index (χ0v) is 10.8. The minimum Gasteiger partial charge on any atom is -0.481 e. The summed E-state index contributed by atoms with van der Waals surface area (Å²) in [6.45, 7) is 1.73. The van der Waals surface area contributed by atoms with E-state index in [2.05, 4.69) is 15.9 Å². The number of rotatable bonds is 5. The number of aliphatic carboxylic acids is 1. The van der Waals surface area contributed by atoms with Crippen molar-refractivity contribution in [1.29, 1.82) is 0 Å². The molecule has 0 radical (unpaired) electrons. The lowest BCUT2D eigenvalue weighted by atomic mass is 10.1. The van der Waals surface area contributed by atoms with Crippen molar-refractivity contribution in [2.45, 2.75) is 19.8 Å². The molecule has 0 aliphatic heterocycles. The Hall–Kier alpha value is -0.610. The molecule has 1 unspecified atom stereocenters. The van der Waals surface area contributed by atoms with Crippen LogP contribution in [0.3, 0.4) is 0 Å². The number of halogens is 1. The molecule has 0 aliphatic rings. The van der Waals surface area contributed by atoms with E-state index in [4.69, 9.17) is 5.11 Å². The number of hydrogen-bond donors (Lipinski definition) is 1. The van der Waals surface area contributed by atoms with Crippen LogP contribution in [0, 0.1) is 5.92 Å². The Balaban J connectivity index is 2.31. The van der Waals surface area contributed by atoms with E-state index >= 15 is 0 Å². The van der Waals surface area contributed by atoms with Crippen molar-refractivity contribution in [3.63, 3.8) is 0 Å². The summed E-state index contributed by atoms with van der Waals surface area (Å²) >= 11 is 5.06. The maximum atomic E-state index is 10.5. The third-order valence-electron chi connectivity index (χ3n) is 2.06. The Morgan fingerprint density at radius 1 is 1.67 bits per heavy atom. The molecule has 0 fully saturated rings. The van der Waals surface area contributed by atoms with E-state index in [1.807, 2.05) is 24.3 Å². The van der Waals surface area contributed by atoms with Gasteiger partial charge in [-0.25, -0.2) is 0 Å². The lowest BCUT2D eigenvalue weighted by Gasteiger charge is -2.01. The van der Waals surface area contributed by atoms with Gasteiger partial charge in [-0.1, -0.05) is 13.0 Å². The van der Waals surface area contributed by atoms with Crippen molar-refractivity contribution in [2.75, 3.05) is 0 Å². The zero-order chi connectivity index (χ0) is 11.3. The molecule has 15 heavy (non-hydrogen) atoms. The van der Waals surface area contributed by atoms with Gasteiger partial charge in [0.2, 0.25) is 0 Å². The Bertz CT molecular complexity index is 357. The standard InChI is InChI=1S/C11H13BrO2S/c1-8(11(13)14)4-2-3-5-9-6-7-10(12)15-9/h3,5-8H,2,4H2,1H3,(H,13,14)/b5-3+. The van der Waals surface area contributed by atoms with Gasteiger partial charge in [0.25, 0.3) is 0 Å². The second-order valence-electron chi connectivity index (χ2n) is 3.36. The summed E-state index contributed by atoms with van der Waals surface area (Å²) < 4.78 is 1.11. The van der Waals surface area contributed by atoms with E-state index in [1.54, 1.807) is 18.3 Å². The molecule has 1 aromatic rings. The quantitative estimate of drug-likeness (QED) is 0.888. The van der Waals surface area contributed by atoms with Gasteiger partial charge in [0.1, 0.15) is 0 Å². The van der Waals surface area contributed by atoms with Crippen molar-refractivity contribution in [2.24, 2.45) is 5.92 Å². The second-order valence-corrected chi connectivity index (χ2v) is 5.86. The fourth-order valence-electron chi connectivity index (χ4n) is 1.09. The van der Waals surface area contributed by atoms with E-state index in [0.29, 0.717) is 6.42 Å². The third-order valence-corrected chi connectivity index (χ3v) is 3.65. The van der Waals surface area contributed by atoms with E-state index in [-0.39, 0.29) is 5.92 Å². The van der Waals surface area contributed by atoms with Crippen LogP contribution in [0.25, 0.3) is 6.08 Å². The minimum absolute atomic E-state index is 0.260. The van der Waals surface area contributed by atoms with Gasteiger partial charge in [-0.15, -0.1) is 11.3 Å². The SMILES string of the molecule is CC(CC/C=C/c1ccc(Br)s1)C(=O)O. The fraction of sp³-hybridized carbons (Fsp3) is 0.364. The van der Waals surface area contributed by atoms with E-state index in [0.717, 1.165) is 10.2 Å². The van der Waals surface area contributed by atoms with Gasteiger partial charge >= 0.3 is 5.97 Å². The number of carbonyl (C=O) groups is 1. The molecule has 1 N–H and O–H groups in total. The monoisotopic (exact) mass is 288 g/mol. The number of allylic oxidation sites excluding steroid dienone is 1. The van der Waals surface area contributed by atoms with Gasteiger partial charge in [-0.2, -0.15) is 0 Å². The van der Waals surface area contributed by atoms with Crippen molar-refractivity contribution in [1.82, 2.24) is 0 Å². The summed E-state index contributed by atoms with van der Waals surface area (Å²) in [5, 5.41) is 8.67. The van der Waals surface area contributed by atoms with Crippen molar-refractivity contribution >= 4 is 39.3 Å². The molecule has 0 saturated carbocycles. The predicted molar refractivity (Wildman–Crippen MR) is 67.1 cm³/mol. The molecular weight excluding hydrogens is 276 g/mol. The summed E-state index contributed by atoms with van der Waals surface area (Å²) in [6, 6.07) is 4.04. The molecule has 0 spiro atoms. The highest BCUT2D eigenvalue weighted by atomic mass is 79.9. The summed E-state index contributed by atoms with van der Waals surface area (Å²) in [4.78, 5) is 11.7. The molecular formula is C11H13BrO2S. The van der Waals surface area contributed by atoms with Crippen LogP contribution in [0.1, 0.15) is 24.6 Å². The summed E-state index contributed by atoms with van der Waals surface area (Å²) in [6.07, 6.45) is 5.56. The molecule has 0 aromatic carbocycles. The Morgan fingerprint density at radius 3 is 2.93 bits per heavy atom. The lowest BCUT2D eigenvalue weighted by Crippen LogP contribution is -2.08. The first-order valence-corrected chi connectivity index (χ1v) is 6.35. The zero-order valence-electron chi connectivity index (χ0n) is 8.44. The van der Waals surface area contributed by atoms with Gasteiger partial charge in [-0.3, -0.25) is 4.79 Å². The van der Waals surface area contributed by atoms with Gasteiger partial charge in [0.05, 0.1) is 9.70 Å². The number of hydrogen-bond acceptors (Lipinski definition) is 2. The van der Waals surface area contributed by atoms with E-state index < -0.39 is 5.97 Å². The van der Waals surface area contributed by atoms with Crippen LogP contribution in [0.4, 0.5) is 0 Å². The second kappa shape index (κ2) is 6.08. The first-order chi connectivity index (χ1) is 7.09. The van der Waals surface area contributed by atoms with Gasteiger partial charge < -0.3 is 5.11 Å². The van der Waals surface area contributed by atoms with Crippen LogP contribution in [0.5, 0.6) is 0 Å². The van der Waals surface area contributed by atoms with Crippen LogP contribution in [0.15, 0.2) is 22.0 Å². The molecule has 2 nitrogen and oxygen atoms in total. The van der Waals surface area contributed by atoms with E-state index in [1.165, 1.54) is 4.88 Å². The predicted octanol–water partition coefficient (Wildman–Crippen LogP) is 4.02. The van der Waals surface area contributed by atoms with Gasteiger partial charge in [-0.05, 0) is 47.0 Å². The molecule has 0 saturated heterocycles. The van der Waals surface area contributed by atoms with Crippen LogP contribution in [-0.2, 0) is 4.79 Å². The summed E-state index contributed by atoms with van der Waals surface area (Å²) in [7, 11) is 0. The van der Waals surface area contributed by atoms with Crippen molar-refractivity contribution < 1.29 is 9.90 Å². The van der Waals surface area contributed by atoms with Gasteiger partial charge in [0.15, 0.2) is 0 Å². The van der Waals surface area contributed by atoms with Crippen molar-refractivity contribution in [3.05, 3.63) is 26.9 Å². The highest BCUT2D eigenvalue weighted by Gasteiger charge is 2.08. The Kier molecular flexibility index (Phi) is 5.05. The number of carboxylic acid groups (broad SMARTS) is 1. The summed E-state index contributed by atoms with van der Waals surface area (Å²) in [5.41, 5.74) is 0. The highest BCUT2D eigenvalue weighted by molar-refractivity contribution is 9.11. The maximum Gasteiger partial charge on any atom is 0.306 e. The normalized spacial score (nSPS) is 13.2.